The molecule has 0 atom stereocenters. The average molecular weight is 314 g/mol. The number of ether oxygens (including phenoxy) is 1. The van der Waals surface area contributed by atoms with Crippen LogP contribution in [0.25, 0.3) is 0 Å². The zero-order chi connectivity index (χ0) is 9.97. The van der Waals surface area contributed by atoms with Crippen LogP contribution in [-0.2, 0) is 0 Å². The van der Waals surface area contributed by atoms with Crippen molar-refractivity contribution in [1.82, 2.24) is 9.88 Å². The molecule has 1 aliphatic rings. The van der Waals surface area contributed by atoms with Crippen molar-refractivity contribution in [2.75, 3.05) is 19.8 Å². The van der Waals surface area contributed by atoms with Crippen molar-refractivity contribution in [2.24, 2.45) is 0 Å². The summed E-state index contributed by atoms with van der Waals surface area (Å²) < 4.78 is 6.28. The average Bonchev–Trinajstić information content (AvgIpc) is 2.08. The van der Waals surface area contributed by atoms with E-state index < -0.39 is 0 Å². The molecule has 3 nitrogen and oxygen atoms in total. The summed E-state index contributed by atoms with van der Waals surface area (Å²) in [4.78, 5) is 6.20. The smallest absolute Gasteiger partial charge is 0.143 e. The van der Waals surface area contributed by atoms with Crippen LogP contribution < -0.4 is 4.74 Å². The lowest BCUT2D eigenvalue weighted by Crippen LogP contribution is -2.39. The maximum atomic E-state index is 5.76. The van der Waals surface area contributed by atoms with Gasteiger partial charge in [0, 0.05) is 13.1 Å². The van der Waals surface area contributed by atoms with Crippen LogP contribution in [0.2, 0.25) is 5.15 Å². The number of aromatic nitrogens is 1. The van der Waals surface area contributed by atoms with Crippen LogP contribution in [0.15, 0.2) is 16.7 Å². The Kier molecular flexibility index (Phi) is 5.12. The Morgan fingerprint density at radius 3 is 2.80 bits per heavy atom. The van der Waals surface area contributed by atoms with Gasteiger partial charge in [0.15, 0.2) is 0 Å². The molecule has 0 N–H and O–H groups in total. The molecule has 0 saturated carbocycles. The first-order chi connectivity index (χ1) is 6.75. The van der Waals surface area contributed by atoms with Crippen LogP contribution in [0, 0.1) is 0 Å². The Morgan fingerprint density at radius 2 is 2.27 bits per heavy atom. The summed E-state index contributed by atoms with van der Waals surface area (Å²) in [6.45, 7) is 2.89. The first-order valence-corrected chi connectivity index (χ1v) is 5.59. The summed E-state index contributed by atoms with van der Waals surface area (Å²) in [6.07, 6.45) is 2.90. The standard InChI is InChI=1S/C9H10BrClN2O.ClH/c10-8-4-7(5-12-9(8)11)14-6-13-2-1-3-13;/h4-5H,1-3,6H2;1H. The largest absolute Gasteiger partial charge is 0.476 e. The Bertz CT molecular complexity index is 334. The van der Waals surface area contributed by atoms with Crippen molar-refractivity contribution in [3.05, 3.63) is 21.9 Å². The molecule has 2 heterocycles. The van der Waals surface area contributed by atoms with Crippen LogP contribution >= 0.6 is 39.9 Å². The molecule has 15 heavy (non-hydrogen) atoms. The second kappa shape index (κ2) is 5.89. The molecule has 1 aromatic heterocycles. The zero-order valence-corrected chi connectivity index (χ0v) is 11.1. The fourth-order valence-corrected chi connectivity index (χ4v) is 1.59. The van der Waals surface area contributed by atoms with Gasteiger partial charge < -0.3 is 4.74 Å². The first kappa shape index (κ1) is 13.0. The second-order valence-corrected chi connectivity index (χ2v) is 4.40. The Balaban J connectivity index is 0.00000112. The SMILES string of the molecule is Cl.Clc1ncc(OCN2CCC2)cc1Br. The molecule has 1 saturated heterocycles. The molecule has 6 heteroatoms. The molecule has 0 aromatic carbocycles. The Hall–Kier alpha value is -0.0300. The van der Waals surface area contributed by atoms with Crippen molar-refractivity contribution in [2.45, 2.75) is 6.42 Å². The van der Waals surface area contributed by atoms with Crippen molar-refractivity contribution in [3.63, 3.8) is 0 Å². The molecule has 1 aliphatic heterocycles. The number of nitrogens with zero attached hydrogens (tertiary/aromatic N) is 2. The molecule has 1 fully saturated rings. The second-order valence-electron chi connectivity index (χ2n) is 3.19. The maximum Gasteiger partial charge on any atom is 0.143 e. The van der Waals surface area contributed by atoms with E-state index in [2.05, 4.69) is 25.8 Å². The first-order valence-electron chi connectivity index (χ1n) is 4.42. The molecular weight excluding hydrogens is 303 g/mol. The van der Waals surface area contributed by atoms with Crippen LogP contribution in [0.3, 0.4) is 0 Å². The molecule has 2 rings (SSSR count). The van der Waals surface area contributed by atoms with Gasteiger partial charge in [0.25, 0.3) is 0 Å². The predicted molar refractivity (Wildman–Crippen MR) is 65.9 cm³/mol. The Labute approximate surface area is 108 Å². The van der Waals surface area contributed by atoms with E-state index in [9.17, 15) is 0 Å². The molecule has 1 aromatic rings. The fraction of sp³-hybridized carbons (Fsp3) is 0.444. The minimum Gasteiger partial charge on any atom is -0.476 e. The summed E-state index contributed by atoms with van der Waals surface area (Å²) in [7, 11) is 0. The van der Waals surface area contributed by atoms with Crippen molar-refractivity contribution in [3.8, 4) is 5.75 Å². The normalized spacial score (nSPS) is 15.3. The third-order valence-corrected chi connectivity index (χ3v) is 3.27. The van der Waals surface area contributed by atoms with Crippen LogP contribution in [0.5, 0.6) is 5.75 Å². The number of hydrogen-bond acceptors (Lipinski definition) is 3. The van der Waals surface area contributed by atoms with E-state index in [1.165, 1.54) is 6.42 Å². The summed E-state index contributed by atoms with van der Waals surface area (Å²) >= 11 is 9.05. The number of likely N-dealkylation sites (tertiary alicyclic amines) is 1. The van der Waals surface area contributed by atoms with Gasteiger partial charge in [-0.15, -0.1) is 12.4 Å². The van der Waals surface area contributed by atoms with Crippen LogP contribution in [-0.4, -0.2) is 29.7 Å². The van der Waals surface area contributed by atoms with E-state index in [0.29, 0.717) is 11.9 Å². The molecule has 0 amide bonds. The van der Waals surface area contributed by atoms with Gasteiger partial charge in [-0.3, -0.25) is 4.90 Å². The van der Waals surface area contributed by atoms with Gasteiger partial charge >= 0.3 is 0 Å². The van der Waals surface area contributed by atoms with Gasteiger partial charge in [0.05, 0.1) is 10.7 Å². The van der Waals surface area contributed by atoms with Gasteiger partial charge in [-0.25, -0.2) is 4.98 Å². The topological polar surface area (TPSA) is 25.4 Å². The third kappa shape index (κ3) is 3.48. The number of rotatable bonds is 3. The van der Waals surface area contributed by atoms with Gasteiger partial charge in [0.1, 0.15) is 17.6 Å². The number of hydrogen-bond donors (Lipinski definition) is 0. The number of halogens is 3. The van der Waals surface area contributed by atoms with E-state index in [-0.39, 0.29) is 12.4 Å². The molecule has 0 spiro atoms. The fourth-order valence-electron chi connectivity index (χ4n) is 1.16. The zero-order valence-electron chi connectivity index (χ0n) is 7.95. The van der Waals surface area contributed by atoms with E-state index in [1.807, 2.05) is 6.07 Å². The highest BCUT2D eigenvalue weighted by molar-refractivity contribution is 9.10. The quantitative estimate of drug-likeness (QED) is 0.802. The van der Waals surface area contributed by atoms with Crippen molar-refractivity contribution in [1.29, 1.82) is 0 Å². The monoisotopic (exact) mass is 312 g/mol. The van der Waals surface area contributed by atoms with E-state index in [1.54, 1.807) is 6.20 Å². The third-order valence-electron chi connectivity index (χ3n) is 2.13. The van der Waals surface area contributed by atoms with Gasteiger partial charge in [-0.2, -0.15) is 0 Å². The number of pyridine rings is 1. The van der Waals surface area contributed by atoms with Gasteiger partial charge in [0.2, 0.25) is 0 Å². The minimum atomic E-state index is 0. The van der Waals surface area contributed by atoms with Crippen molar-refractivity contribution < 1.29 is 4.74 Å². The van der Waals surface area contributed by atoms with Crippen LogP contribution in [0.1, 0.15) is 6.42 Å². The summed E-state index contributed by atoms with van der Waals surface area (Å²) in [6, 6.07) is 1.83. The lowest BCUT2D eigenvalue weighted by atomic mass is 10.2. The van der Waals surface area contributed by atoms with Crippen LogP contribution in [0.4, 0.5) is 0 Å². The van der Waals surface area contributed by atoms with Gasteiger partial charge in [-0.1, -0.05) is 11.6 Å². The molecule has 0 bridgehead atoms. The highest BCUT2D eigenvalue weighted by atomic mass is 79.9. The lowest BCUT2D eigenvalue weighted by Gasteiger charge is -2.30. The molecule has 0 aliphatic carbocycles. The van der Waals surface area contributed by atoms with Gasteiger partial charge in [-0.05, 0) is 28.4 Å². The molecule has 84 valence electrons. The predicted octanol–water partition coefficient (Wildman–Crippen LogP) is 2.96. The molecule has 0 radical (unpaired) electrons. The Morgan fingerprint density at radius 1 is 1.53 bits per heavy atom. The molecule has 0 unspecified atom stereocenters. The highest BCUT2D eigenvalue weighted by Gasteiger charge is 2.13. The van der Waals surface area contributed by atoms with Crippen molar-refractivity contribution >= 4 is 39.9 Å². The molecular formula is C9H11BrCl2N2O. The van der Waals surface area contributed by atoms with E-state index in [4.69, 9.17) is 16.3 Å². The maximum absolute atomic E-state index is 5.76. The van der Waals surface area contributed by atoms with E-state index in [0.717, 1.165) is 23.3 Å². The lowest BCUT2D eigenvalue weighted by molar-refractivity contribution is 0.0728. The summed E-state index contributed by atoms with van der Waals surface area (Å²) in [5, 5.41) is 0.460. The summed E-state index contributed by atoms with van der Waals surface area (Å²) in [5.41, 5.74) is 0. The minimum absolute atomic E-state index is 0. The highest BCUT2D eigenvalue weighted by Crippen LogP contribution is 2.24. The van der Waals surface area contributed by atoms with E-state index >= 15 is 0 Å². The summed E-state index contributed by atoms with van der Waals surface area (Å²) in [5.74, 6) is 0.744.